The zero-order valence-electron chi connectivity index (χ0n) is 10.8. The minimum Gasteiger partial charge on any atom is -0.337 e. The number of carbonyl (C=O) groups is 1. The molecule has 1 saturated carbocycles. The van der Waals surface area contributed by atoms with Gasteiger partial charge in [0.15, 0.2) is 0 Å². The van der Waals surface area contributed by atoms with E-state index in [4.69, 9.17) is 5.73 Å². The van der Waals surface area contributed by atoms with Gasteiger partial charge in [0.2, 0.25) is 0 Å². The maximum atomic E-state index is 12.2. The summed E-state index contributed by atoms with van der Waals surface area (Å²) < 4.78 is 0. The maximum absolute atomic E-state index is 12.2. The van der Waals surface area contributed by atoms with Crippen LogP contribution in [0.3, 0.4) is 0 Å². The molecule has 0 aliphatic heterocycles. The van der Waals surface area contributed by atoms with Crippen LogP contribution in [0.2, 0.25) is 0 Å². The fraction of sp³-hybridized carbons (Fsp3) is 0.583. The predicted molar refractivity (Wildman–Crippen MR) is 70.0 cm³/mol. The molecule has 1 aliphatic carbocycles. The Morgan fingerprint density at radius 2 is 1.89 bits per heavy atom. The van der Waals surface area contributed by atoms with Crippen molar-refractivity contribution in [2.45, 2.75) is 37.8 Å². The van der Waals surface area contributed by atoms with Gasteiger partial charge in [0.25, 0.3) is 11.5 Å². The van der Waals surface area contributed by atoms with Crippen molar-refractivity contribution in [2.24, 2.45) is 5.73 Å². The van der Waals surface area contributed by atoms with E-state index in [0.717, 1.165) is 31.7 Å². The Morgan fingerprint density at radius 1 is 1.26 bits per heavy atom. The third-order valence-corrected chi connectivity index (χ3v) is 3.60. The Labute approximate surface area is 109 Å². The lowest BCUT2D eigenvalue weighted by Gasteiger charge is -2.33. The zero-order valence-corrected chi connectivity index (χ0v) is 10.8. The minimum absolute atomic E-state index is 0.0196. The topological polar surface area (TPSA) is 112 Å². The SMILES string of the molecule is CN(C(=O)c1cc(=O)[nH]c(=O)[nH]1)C1CCC(N)CC1. The van der Waals surface area contributed by atoms with Gasteiger partial charge in [-0.25, -0.2) is 4.79 Å². The van der Waals surface area contributed by atoms with E-state index in [9.17, 15) is 14.4 Å². The molecule has 19 heavy (non-hydrogen) atoms. The Morgan fingerprint density at radius 3 is 2.47 bits per heavy atom. The van der Waals surface area contributed by atoms with Crippen LogP contribution in [0.5, 0.6) is 0 Å². The summed E-state index contributed by atoms with van der Waals surface area (Å²) in [7, 11) is 1.68. The molecule has 2 rings (SSSR count). The van der Waals surface area contributed by atoms with E-state index in [1.165, 1.54) is 0 Å². The smallest absolute Gasteiger partial charge is 0.326 e. The molecule has 0 spiro atoms. The molecule has 1 aliphatic rings. The van der Waals surface area contributed by atoms with Gasteiger partial charge in [-0.2, -0.15) is 0 Å². The van der Waals surface area contributed by atoms with Gasteiger partial charge in [-0.15, -0.1) is 0 Å². The van der Waals surface area contributed by atoms with Crippen LogP contribution in [0.1, 0.15) is 36.2 Å². The number of nitrogens with one attached hydrogen (secondary N) is 2. The van der Waals surface area contributed by atoms with Gasteiger partial charge in [0.1, 0.15) is 5.69 Å². The number of aromatic amines is 2. The lowest BCUT2D eigenvalue weighted by Crippen LogP contribution is -2.43. The summed E-state index contributed by atoms with van der Waals surface area (Å²) in [4.78, 5) is 40.5. The monoisotopic (exact) mass is 266 g/mol. The van der Waals surface area contributed by atoms with E-state index >= 15 is 0 Å². The van der Waals surface area contributed by atoms with Gasteiger partial charge >= 0.3 is 5.69 Å². The Kier molecular flexibility index (Phi) is 3.84. The molecule has 1 aromatic heterocycles. The van der Waals surface area contributed by atoms with Crippen LogP contribution < -0.4 is 17.0 Å². The van der Waals surface area contributed by atoms with E-state index in [1.807, 2.05) is 4.98 Å². The number of nitrogens with zero attached hydrogens (tertiary/aromatic N) is 1. The van der Waals surface area contributed by atoms with Gasteiger partial charge in [0, 0.05) is 25.2 Å². The summed E-state index contributed by atoms with van der Waals surface area (Å²) >= 11 is 0. The molecular weight excluding hydrogens is 248 g/mol. The van der Waals surface area contributed by atoms with Crippen molar-refractivity contribution in [3.05, 3.63) is 32.6 Å². The fourth-order valence-electron chi connectivity index (χ4n) is 2.43. The molecule has 0 saturated heterocycles. The molecule has 1 aromatic rings. The Balaban J connectivity index is 2.14. The molecule has 0 aromatic carbocycles. The zero-order chi connectivity index (χ0) is 14.0. The van der Waals surface area contributed by atoms with E-state index in [1.54, 1.807) is 11.9 Å². The second-order valence-electron chi connectivity index (χ2n) is 4.99. The highest BCUT2D eigenvalue weighted by Crippen LogP contribution is 2.21. The first-order valence-corrected chi connectivity index (χ1v) is 6.34. The summed E-state index contributed by atoms with van der Waals surface area (Å²) in [6, 6.07) is 1.42. The molecule has 0 atom stereocenters. The number of H-pyrrole nitrogens is 2. The van der Waals surface area contributed by atoms with Crippen LogP contribution in [0.4, 0.5) is 0 Å². The van der Waals surface area contributed by atoms with Crippen LogP contribution in [-0.2, 0) is 0 Å². The van der Waals surface area contributed by atoms with Gasteiger partial charge in [0.05, 0.1) is 0 Å². The van der Waals surface area contributed by atoms with Gasteiger partial charge < -0.3 is 15.6 Å². The molecule has 1 heterocycles. The second kappa shape index (κ2) is 5.40. The first-order valence-electron chi connectivity index (χ1n) is 6.34. The average molecular weight is 266 g/mol. The minimum atomic E-state index is -0.671. The van der Waals surface area contributed by atoms with Gasteiger partial charge in [-0.05, 0) is 25.7 Å². The average Bonchev–Trinajstić information content (AvgIpc) is 2.37. The van der Waals surface area contributed by atoms with Crippen LogP contribution in [0.15, 0.2) is 15.7 Å². The van der Waals surface area contributed by atoms with E-state index < -0.39 is 11.2 Å². The quantitative estimate of drug-likeness (QED) is 0.663. The summed E-state index contributed by atoms with van der Waals surface area (Å²) in [5.74, 6) is -0.344. The van der Waals surface area contributed by atoms with E-state index in [-0.39, 0.29) is 23.7 Å². The van der Waals surface area contributed by atoms with Crippen molar-refractivity contribution in [1.82, 2.24) is 14.9 Å². The number of amides is 1. The lowest BCUT2D eigenvalue weighted by molar-refractivity contribution is 0.0683. The molecule has 7 nitrogen and oxygen atoms in total. The molecule has 0 radical (unpaired) electrons. The summed E-state index contributed by atoms with van der Waals surface area (Å²) in [5, 5.41) is 0. The summed E-state index contributed by atoms with van der Waals surface area (Å²) in [5.41, 5.74) is 4.60. The van der Waals surface area contributed by atoms with E-state index in [2.05, 4.69) is 4.98 Å². The number of aromatic nitrogens is 2. The number of rotatable bonds is 2. The molecule has 4 N–H and O–H groups in total. The number of nitrogens with two attached hydrogens (primary N) is 1. The first-order chi connectivity index (χ1) is 8.97. The second-order valence-corrected chi connectivity index (χ2v) is 4.99. The van der Waals surface area contributed by atoms with Crippen LogP contribution in [0.25, 0.3) is 0 Å². The molecule has 0 bridgehead atoms. The highest BCUT2D eigenvalue weighted by molar-refractivity contribution is 5.92. The standard InChI is InChI=1S/C12H18N4O3/c1-16(8-4-2-7(13)3-5-8)11(18)9-6-10(17)15-12(19)14-9/h6-8H,2-5,13H2,1H3,(H2,14,15,17,19). The van der Waals surface area contributed by atoms with Gasteiger partial charge in [-0.3, -0.25) is 14.6 Å². The third kappa shape index (κ3) is 3.11. The van der Waals surface area contributed by atoms with Crippen LogP contribution >= 0.6 is 0 Å². The van der Waals surface area contributed by atoms with Crippen molar-refractivity contribution in [1.29, 1.82) is 0 Å². The van der Waals surface area contributed by atoms with Crippen molar-refractivity contribution >= 4 is 5.91 Å². The van der Waals surface area contributed by atoms with Crippen molar-refractivity contribution in [3.8, 4) is 0 Å². The van der Waals surface area contributed by atoms with Crippen molar-refractivity contribution in [3.63, 3.8) is 0 Å². The molecule has 1 fully saturated rings. The summed E-state index contributed by atoms with van der Waals surface area (Å²) in [6.45, 7) is 0. The number of hydrogen-bond donors (Lipinski definition) is 3. The van der Waals surface area contributed by atoms with Crippen molar-refractivity contribution < 1.29 is 4.79 Å². The largest absolute Gasteiger partial charge is 0.337 e. The Bertz CT molecular complexity index is 541. The molecular formula is C12H18N4O3. The highest BCUT2D eigenvalue weighted by atomic mass is 16.2. The lowest BCUT2D eigenvalue weighted by atomic mass is 9.91. The predicted octanol–water partition coefficient (Wildman–Crippen LogP) is -0.595. The van der Waals surface area contributed by atoms with Crippen molar-refractivity contribution in [2.75, 3.05) is 7.05 Å². The fourth-order valence-corrected chi connectivity index (χ4v) is 2.43. The third-order valence-electron chi connectivity index (χ3n) is 3.60. The van der Waals surface area contributed by atoms with Gasteiger partial charge in [-0.1, -0.05) is 0 Å². The number of carbonyl (C=O) groups excluding carboxylic acids is 1. The Hall–Kier alpha value is -1.89. The van der Waals surface area contributed by atoms with Crippen LogP contribution in [-0.4, -0.2) is 39.9 Å². The van der Waals surface area contributed by atoms with E-state index in [0.29, 0.717) is 0 Å². The normalized spacial score (nSPS) is 23.1. The first kappa shape index (κ1) is 13.5. The maximum Gasteiger partial charge on any atom is 0.326 e. The molecule has 1 amide bonds. The molecule has 104 valence electrons. The summed E-state index contributed by atoms with van der Waals surface area (Å²) in [6.07, 6.45) is 3.45. The highest BCUT2D eigenvalue weighted by Gasteiger charge is 2.26. The number of hydrogen-bond acceptors (Lipinski definition) is 4. The van der Waals surface area contributed by atoms with Crippen LogP contribution in [0, 0.1) is 0 Å². The molecule has 0 unspecified atom stereocenters. The molecule has 7 heteroatoms.